The number of rotatable bonds is 4. The largest absolute Gasteiger partial charge is 0.493 e. The number of fused-ring (bicyclic) bond motifs is 1. The van der Waals surface area contributed by atoms with E-state index in [0.29, 0.717) is 17.4 Å². The van der Waals surface area contributed by atoms with Crippen LogP contribution >= 0.6 is 11.3 Å². The molecule has 21 heavy (non-hydrogen) atoms. The predicted octanol–water partition coefficient (Wildman–Crippen LogP) is 3.19. The van der Waals surface area contributed by atoms with Crippen LogP contribution in [0.25, 0.3) is 10.2 Å². The van der Waals surface area contributed by atoms with Crippen molar-refractivity contribution >= 4 is 27.5 Å². The maximum atomic E-state index is 11.0. The van der Waals surface area contributed by atoms with Crippen molar-refractivity contribution in [1.29, 1.82) is 0 Å². The van der Waals surface area contributed by atoms with E-state index in [2.05, 4.69) is 9.97 Å². The summed E-state index contributed by atoms with van der Waals surface area (Å²) in [5.41, 5.74) is 0.127. The number of nitrogens with zero attached hydrogens (tertiary/aromatic N) is 2. The molecule has 0 radical (unpaired) electrons. The molecule has 0 unspecified atom stereocenters. The Morgan fingerprint density at radius 3 is 2.86 bits per heavy atom. The first-order valence-corrected chi connectivity index (χ1v) is 6.84. The van der Waals surface area contributed by atoms with Gasteiger partial charge in [0.15, 0.2) is 11.5 Å². The summed E-state index contributed by atoms with van der Waals surface area (Å²) in [6.07, 6.45) is 1.42. The number of carbonyl (C=O) groups is 1. The van der Waals surface area contributed by atoms with Crippen molar-refractivity contribution in [3.63, 3.8) is 0 Å². The molecule has 3 aromatic rings. The molecule has 6 nitrogen and oxygen atoms in total. The van der Waals surface area contributed by atoms with Gasteiger partial charge < -0.3 is 14.6 Å². The van der Waals surface area contributed by atoms with Crippen LogP contribution in [0.2, 0.25) is 0 Å². The van der Waals surface area contributed by atoms with E-state index in [0.717, 1.165) is 10.2 Å². The number of carboxylic acids is 1. The van der Waals surface area contributed by atoms with Crippen LogP contribution in [0, 0.1) is 0 Å². The lowest BCUT2D eigenvalue weighted by atomic mass is 10.2. The number of carboxylic acid groups (broad SMARTS) is 1. The van der Waals surface area contributed by atoms with Crippen LogP contribution in [0.1, 0.15) is 10.4 Å². The number of benzene rings is 1. The fraction of sp³-hybridized carbons (Fsp3) is 0.0714. The van der Waals surface area contributed by atoms with Crippen LogP contribution in [0.15, 0.2) is 36.0 Å². The van der Waals surface area contributed by atoms with Crippen LogP contribution in [0.3, 0.4) is 0 Å². The van der Waals surface area contributed by atoms with Gasteiger partial charge in [-0.25, -0.2) is 14.8 Å². The van der Waals surface area contributed by atoms with Gasteiger partial charge in [0.1, 0.15) is 11.2 Å². The zero-order valence-corrected chi connectivity index (χ0v) is 11.8. The van der Waals surface area contributed by atoms with Crippen LogP contribution < -0.4 is 9.47 Å². The summed E-state index contributed by atoms with van der Waals surface area (Å²) in [5, 5.41) is 11.7. The van der Waals surface area contributed by atoms with E-state index < -0.39 is 5.97 Å². The number of methoxy groups -OCH3 is 1. The standard InChI is InChI=1S/C14H10N2O4S/c1-19-11-6-8(14(17)18)2-3-10(11)20-12-9-4-5-21-13(9)16-7-15-12/h2-7H,1H3,(H,17,18). The maximum absolute atomic E-state index is 11.0. The minimum Gasteiger partial charge on any atom is -0.493 e. The van der Waals surface area contributed by atoms with E-state index in [1.165, 1.54) is 36.9 Å². The second-order valence-corrected chi connectivity index (χ2v) is 4.99. The van der Waals surface area contributed by atoms with Crippen molar-refractivity contribution in [2.45, 2.75) is 0 Å². The smallest absolute Gasteiger partial charge is 0.335 e. The molecule has 2 heterocycles. The zero-order chi connectivity index (χ0) is 14.8. The second-order valence-electron chi connectivity index (χ2n) is 4.09. The van der Waals surface area contributed by atoms with Crippen molar-refractivity contribution in [3.05, 3.63) is 41.5 Å². The Hall–Kier alpha value is -2.67. The molecule has 0 aliphatic rings. The number of ether oxygens (including phenoxy) is 2. The van der Waals surface area contributed by atoms with Crippen molar-refractivity contribution in [1.82, 2.24) is 9.97 Å². The van der Waals surface area contributed by atoms with Crippen molar-refractivity contribution < 1.29 is 19.4 Å². The molecule has 0 saturated carbocycles. The Morgan fingerprint density at radius 1 is 1.24 bits per heavy atom. The minimum absolute atomic E-state index is 0.127. The Morgan fingerprint density at radius 2 is 2.10 bits per heavy atom. The highest BCUT2D eigenvalue weighted by Gasteiger charge is 2.13. The van der Waals surface area contributed by atoms with E-state index in [4.69, 9.17) is 14.6 Å². The fourth-order valence-electron chi connectivity index (χ4n) is 1.84. The van der Waals surface area contributed by atoms with Gasteiger partial charge in [-0.05, 0) is 29.6 Å². The molecule has 0 aliphatic carbocycles. The summed E-state index contributed by atoms with van der Waals surface area (Å²) in [6.45, 7) is 0. The first kappa shape index (κ1) is 13.3. The molecule has 0 spiro atoms. The molecule has 0 aliphatic heterocycles. The highest BCUT2D eigenvalue weighted by molar-refractivity contribution is 7.16. The lowest BCUT2D eigenvalue weighted by molar-refractivity contribution is 0.0696. The fourth-order valence-corrected chi connectivity index (χ4v) is 2.56. The summed E-state index contributed by atoms with van der Waals surface area (Å²) in [5.74, 6) is 0.107. The molecule has 2 aromatic heterocycles. The van der Waals surface area contributed by atoms with Gasteiger partial charge >= 0.3 is 5.97 Å². The SMILES string of the molecule is COc1cc(C(=O)O)ccc1Oc1ncnc2sccc12. The van der Waals surface area contributed by atoms with Crippen LogP contribution in [0.4, 0.5) is 0 Å². The van der Waals surface area contributed by atoms with Crippen LogP contribution in [-0.2, 0) is 0 Å². The lowest BCUT2D eigenvalue weighted by Gasteiger charge is -2.10. The molecule has 0 saturated heterocycles. The second kappa shape index (κ2) is 5.37. The van der Waals surface area contributed by atoms with Gasteiger partial charge in [-0.15, -0.1) is 11.3 Å². The lowest BCUT2D eigenvalue weighted by Crippen LogP contribution is -1.99. The molecule has 7 heteroatoms. The Bertz CT molecular complexity index is 816. The van der Waals surface area contributed by atoms with Gasteiger partial charge in [-0.2, -0.15) is 0 Å². The van der Waals surface area contributed by atoms with Crippen molar-refractivity contribution in [2.24, 2.45) is 0 Å². The van der Waals surface area contributed by atoms with Gasteiger partial charge in [0.25, 0.3) is 0 Å². The normalized spacial score (nSPS) is 10.5. The van der Waals surface area contributed by atoms with E-state index in [1.807, 2.05) is 11.4 Å². The molecule has 1 aromatic carbocycles. The maximum Gasteiger partial charge on any atom is 0.335 e. The van der Waals surface area contributed by atoms with Gasteiger partial charge in [-0.1, -0.05) is 0 Å². The van der Waals surface area contributed by atoms with E-state index in [1.54, 1.807) is 6.07 Å². The highest BCUT2D eigenvalue weighted by Crippen LogP contribution is 2.35. The Balaban J connectivity index is 2.01. The van der Waals surface area contributed by atoms with E-state index >= 15 is 0 Å². The van der Waals surface area contributed by atoms with E-state index in [9.17, 15) is 4.79 Å². The predicted molar refractivity (Wildman–Crippen MR) is 77.4 cm³/mol. The summed E-state index contributed by atoms with van der Waals surface area (Å²) in [7, 11) is 1.45. The molecule has 0 amide bonds. The third-order valence-electron chi connectivity index (χ3n) is 2.84. The number of hydrogen-bond acceptors (Lipinski definition) is 6. The number of thiophene rings is 1. The Labute approximate surface area is 123 Å². The first-order valence-electron chi connectivity index (χ1n) is 5.96. The molecule has 0 atom stereocenters. The zero-order valence-electron chi connectivity index (χ0n) is 10.9. The number of hydrogen-bond donors (Lipinski definition) is 1. The highest BCUT2D eigenvalue weighted by atomic mass is 32.1. The van der Waals surface area contributed by atoms with Crippen molar-refractivity contribution in [3.8, 4) is 17.4 Å². The average molecular weight is 302 g/mol. The third-order valence-corrected chi connectivity index (χ3v) is 3.66. The van der Waals surface area contributed by atoms with Gasteiger partial charge in [-0.3, -0.25) is 0 Å². The Kier molecular flexibility index (Phi) is 3.41. The first-order chi connectivity index (χ1) is 10.2. The molecule has 0 bridgehead atoms. The van der Waals surface area contributed by atoms with Crippen molar-refractivity contribution in [2.75, 3.05) is 7.11 Å². The van der Waals surface area contributed by atoms with Crippen LogP contribution in [-0.4, -0.2) is 28.2 Å². The summed E-state index contributed by atoms with van der Waals surface area (Å²) < 4.78 is 10.9. The van der Waals surface area contributed by atoms with Gasteiger partial charge in [0.2, 0.25) is 5.88 Å². The monoisotopic (exact) mass is 302 g/mol. The molecule has 0 fully saturated rings. The minimum atomic E-state index is -1.03. The summed E-state index contributed by atoms with van der Waals surface area (Å²) in [4.78, 5) is 20.0. The summed E-state index contributed by atoms with van der Waals surface area (Å²) in [6, 6.07) is 6.27. The molecule has 3 rings (SSSR count). The molecule has 1 N–H and O–H groups in total. The van der Waals surface area contributed by atoms with Crippen LogP contribution in [0.5, 0.6) is 17.4 Å². The third kappa shape index (κ3) is 2.50. The molecule has 106 valence electrons. The van der Waals surface area contributed by atoms with Gasteiger partial charge in [0, 0.05) is 0 Å². The molecular formula is C14H10N2O4S. The van der Waals surface area contributed by atoms with Gasteiger partial charge in [0.05, 0.1) is 18.1 Å². The topological polar surface area (TPSA) is 81.5 Å². The van der Waals surface area contributed by atoms with E-state index in [-0.39, 0.29) is 5.56 Å². The molecular weight excluding hydrogens is 292 g/mol. The number of aromatic carboxylic acids is 1. The number of aromatic nitrogens is 2. The quantitative estimate of drug-likeness (QED) is 0.797. The summed E-state index contributed by atoms with van der Waals surface area (Å²) >= 11 is 1.49. The average Bonchev–Trinajstić information content (AvgIpc) is 2.97.